The summed E-state index contributed by atoms with van der Waals surface area (Å²) in [6.45, 7) is 9.64. The normalized spacial score (nSPS) is 11.6. The molecule has 0 aliphatic heterocycles. The Bertz CT molecular complexity index is 549. The predicted molar refractivity (Wildman–Crippen MR) is 93.2 cm³/mol. The summed E-state index contributed by atoms with van der Waals surface area (Å²) in [4.78, 5) is 4.71. The molecule has 0 spiro atoms. The van der Waals surface area contributed by atoms with E-state index in [0.717, 1.165) is 12.2 Å². The van der Waals surface area contributed by atoms with Crippen LogP contribution < -0.4 is 5.32 Å². The zero-order valence-electron chi connectivity index (χ0n) is 13.6. The Morgan fingerprint density at radius 3 is 2.43 bits per heavy atom. The lowest BCUT2D eigenvalue weighted by Crippen LogP contribution is -2.11. The first-order chi connectivity index (χ1) is 9.99. The maximum atomic E-state index is 4.71. The summed E-state index contributed by atoms with van der Waals surface area (Å²) in [6, 6.07) is 8.78. The first-order valence-electron chi connectivity index (χ1n) is 7.76. The summed E-state index contributed by atoms with van der Waals surface area (Å²) >= 11 is 1.75. The number of aryl methyl sites for hydroxylation is 1. The Kier molecular flexibility index (Phi) is 5.40. The number of unbranched alkanes of at least 4 members (excludes halogenated alkanes) is 1. The van der Waals surface area contributed by atoms with Gasteiger partial charge in [0.1, 0.15) is 0 Å². The minimum Gasteiger partial charge on any atom is -0.379 e. The first-order valence-corrected chi connectivity index (χ1v) is 8.64. The summed E-state index contributed by atoms with van der Waals surface area (Å²) in [7, 11) is 0. The highest BCUT2D eigenvalue weighted by Gasteiger charge is 2.17. The zero-order valence-corrected chi connectivity index (χ0v) is 14.4. The molecule has 0 saturated carbocycles. The molecule has 114 valence electrons. The van der Waals surface area contributed by atoms with Crippen molar-refractivity contribution < 1.29 is 0 Å². The van der Waals surface area contributed by atoms with Gasteiger partial charge in [0, 0.05) is 16.5 Å². The molecule has 21 heavy (non-hydrogen) atoms. The Labute approximate surface area is 132 Å². The molecular formula is C18H26N2S. The zero-order chi connectivity index (χ0) is 15.3. The maximum Gasteiger partial charge on any atom is 0.0982 e. The van der Waals surface area contributed by atoms with Gasteiger partial charge in [0.25, 0.3) is 0 Å². The third-order valence-electron chi connectivity index (χ3n) is 3.44. The molecule has 1 heterocycles. The van der Waals surface area contributed by atoms with Gasteiger partial charge in [0.2, 0.25) is 0 Å². The molecule has 0 fully saturated rings. The van der Waals surface area contributed by atoms with Gasteiger partial charge >= 0.3 is 0 Å². The van der Waals surface area contributed by atoms with Crippen LogP contribution >= 0.6 is 11.3 Å². The molecule has 0 aliphatic rings. The average molecular weight is 302 g/mol. The van der Waals surface area contributed by atoms with Crippen LogP contribution in [0.2, 0.25) is 0 Å². The molecule has 0 amide bonds. The van der Waals surface area contributed by atoms with E-state index >= 15 is 0 Å². The molecule has 3 heteroatoms. The van der Waals surface area contributed by atoms with E-state index in [1.54, 1.807) is 11.3 Å². The highest BCUT2D eigenvalue weighted by atomic mass is 32.1. The van der Waals surface area contributed by atoms with E-state index in [9.17, 15) is 0 Å². The van der Waals surface area contributed by atoms with Gasteiger partial charge in [0.15, 0.2) is 0 Å². The van der Waals surface area contributed by atoms with E-state index in [1.807, 2.05) is 0 Å². The van der Waals surface area contributed by atoms with Crippen LogP contribution in [0.15, 0.2) is 29.6 Å². The van der Waals surface area contributed by atoms with Crippen LogP contribution in [-0.2, 0) is 18.4 Å². The molecule has 2 rings (SSSR count). The molecule has 1 aromatic heterocycles. The van der Waals surface area contributed by atoms with Crippen molar-refractivity contribution in [3.8, 4) is 0 Å². The van der Waals surface area contributed by atoms with Gasteiger partial charge in [-0.25, -0.2) is 4.98 Å². The van der Waals surface area contributed by atoms with E-state index < -0.39 is 0 Å². The highest BCUT2D eigenvalue weighted by molar-refractivity contribution is 7.09. The molecule has 2 aromatic rings. The van der Waals surface area contributed by atoms with Crippen LogP contribution in [0.4, 0.5) is 5.69 Å². The fourth-order valence-electron chi connectivity index (χ4n) is 2.10. The van der Waals surface area contributed by atoms with Crippen molar-refractivity contribution in [2.24, 2.45) is 0 Å². The molecule has 0 radical (unpaired) electrons. The van der Waals surface area contributed by atoms with Crippen molar-refractivity contribution >= 4 is 17.0 Å². The van der Waals surface area contributed by atoms with Crippen molar-refractivity contribution in [1.29, 1.82) is 0 Å². The molecule has 1 aromatic carbocycles. The fraction of sp³-hybridized carbons (Fsp3) is 0.500. The number of nitrogens with zero attached hydrogens (tertiary/aromatic N) is 1. The van der Waals surface area contributed by atoms with Gasteiger partial charge in [-0.15, -0.1) is 11.3 Å². The minimum atomic E-state index is 0.143. The second kappa shape index (κ2) is 7.08. The standard InChI is InChI=1S/C18H26N2S/c1-5-6-7-14-8-10-15(11-9-14)19-12-16-13-21-17(20-16)18(2,3)4/h8-11,13,19H,5-7,12H2,1-4H3. The molecule has 2 nitrogen and oxygen atoms in total. The topological polar surface area (TPSA) is 24.9 Å². The van der Waals surface area contributed by atoms with Crippen LogP contribution in [0, 0.1) is 0 Å². The summed E-state index contributed by atoms with van der Waals surface area (Å²) in [5.41, 5.74) is 3.86. The third-order valence-corrected chi connectivity index (χ3v) is 4.76. The first kappa shape index (κ1) is 16.0. The maximum absolute atomic E-state index is 4.71. The fourth-order valence-corrected chi connectivity index (χ4v) is 3.00. The Morgan fingerprint density at radius 2 is 1.86 bits per heavy atom. The number of benzene rings is 1. The number of thiazole rings is 1. The second-order valence-electron chi connectivity index (χ2n) is 6.55. The van der Waals surface area contributed by atoms with Gasteiger partial charge < -0.3 is 5.32 Å². The van der Waals surface area contributed by atoms with E-state index in [-0.39, 0.29) is 5.41 Å². The summed E-state index contributed by atoms with van der Waals surface area (Å²) < 4.78 is 0. The lowest BCUT2D eigenvalue weighted by Gasteiger charge is -2.13. The van der Waals surface area contributed by atoms with Gasteiger partial charge in [-0.05, 0) is 30.5 Å². The lowest BCUT2D eigenvalue weighted by atomic mass is 9.98. The minimum absolute atomic E-state index is 0.143. The van der Waals surface area contributed by atoms with E-state index in [1.165, 1.54) is 35.5 Å². The second-order valence-corrected chi connectivity index (χ2v) is 7.41. The number of anilines is 1. The third kappa shape index (κ3) is 4.85. The number of aromatic nitrogens is 1. The number of hydrogen-bond acceptors (Lipinski definition) is 3. The van der Waals surface area contributed by atoms with Crippen molar-refractivity contribution in [2.45, 2.75) is 58.9 Å². The molecule has 0 bridgehead atoms. The van der Waals surface area contributed by atoms with Crippen LogP contribution in [0.3, 0.4) is 0 Å². The van der Waals surface area contributed by atoms with E-state index in [2.05, 4.69) is 62.7 Å². The molecule has 0 unspecified atom stereocenters. The summed E-state index contributed by atoms with van der Waals surface area (Å²) in [6.07, 6.45) is 3.69. The highest BCUT2D eigenvalue weighted by Crippen LogP contribution is 2.25. The largest absolute Gasteiger partial charge is 0.379 e. The predicted octanol–water partition coefficient (Wildman–Crippen LogP) is 5.40. The molecular weight excluding hydrogens is 276 g/mol. The van der Waals surface area contributed by atoms with Crippen molar-refractivity contribution in [1.82, 2.24) is 4.98 Å². The van der Waals surface area contributed by atoms with Gasteiger partial charge in [0.05, 0.1) is 17.2 Å². The summed E-state index contributed by atoms with van der Waals surface area (Å²) in [5, 5.41) is 6.81. The van der Waals surface area contributed by atoms with Gasteiger partial charge in [-0.2, -0.15) is 0 Å². The Hall–Kier alpha value is -1.35. The van der Waals surface area contributed by atoms with Crippen LogP contribution in [-0.4, -0.2) is 4.98 Å². The van der Waals surface area contributed by atoms with Crippen LogP contribution in [0.25, 0.3) is 0 Å². The quantitative estimate of drug-likeness (QED) is 0.773. The average Bonchev–Trinajstić information content (AvgIpc) is 2.93. The monoisotopic (exact) mass is 302 g/mol. The SMILES string of the molecule is CCCCc1ccc(NCc2csc(C(C)(C)C)n2)cc1. The number of nitrogens with one attached hydrogen (secondary N) is 1. The number of hydrogen-bond donors (Lipinski definition) is 1. The van der Waals surface area contributed by atoms with Gasteiger partial charge in [-0.3, -0.25) is 0 Å². The van der Waals surface area contributed by atoms with Crippen molar-refractivity contribution in [3.63, 3.8) is 0 Å². The van der Waals surface area contributed by atoms with E-state index in [0.29, 0.717) is 0 Å². The van der Waals surface area contributed by atoms with Gasteiger partial charge in [-0.1, -0.05) is 46.2 Å². The van der Waals surface area contributed by atoms with Crippen LogP contribution in [0.5, 0.6) is 0 Å². The molecule has 1 N–H and O–H groups in total. The molecule has 0 atom stereocenters. The lowest BCUT2D eigenvalue weighted by molar-refractivity contribution is 0.583. The van der Waals surface area contributed by atoms with Crippen LogP contribution in [0.1, 0.15) is 56.8 Å². The van der Waals surface area contributed by atoms with Crippen molar-refractivity contribution in [2.75, 3.05) is 5.32 Å². The number of rotatable bonds is 6. The van der Waals surface area contributed by atoms with E-state index in [4.69, 9.17) is 4.98 Å². The Morgan fingerprint density at radius 1 is 1.14 bits per heavy atom. The molecule has 0 saturated heterocycles. The summed E-state index contributed by atoms with van der Waals surface area (Å²) in [5.74, 6) is 0. The Balaban J connectivity index is 1.89. The molecule has 0 aliphatic carbocycles. The van der Waals surface area contributed by atoms with Crippen molar-refractivity contribution in [3.05, 3.63) is 45.9 Å². The smallest absolute Gasteiger partial charge is 0.0982 e.